The number of ether oxygens (including phenoxy) is 3. The molecule has 24 heavy (non-hydrogen) atoms. The second kappa shape index (κ2) is 7.41. The van der Waals surface area contributed by atoms with Crippen LogP contribution in [0.4, 0.5) is 0 Å². The van der Waals surface area contributed by atoms with Crippen LogP contribution in [0, 0.1) is 13.8 Å². The van der Waals surface area contributed by atoms with Crippen molar-refractivity contribution in [1.82, 2.24) is 4.98 Å². The van der Waals surface area contributed by atoms with E-state index in [0.717, 1.165) is 28.0 Å². The fraction of sp³-hybridized carbons (Fsp3) is 0.211. The van der Waals surface area contributed by atoms with Crippen molar-refractivity contribution in [3.05, 3.63) is 53.7 Å². The molecule has 0 spiro atoms. The summed E-state index contributed by atoms with van der Waals surface area (Å²) in [5.41, 5.74) is 3.10. The zero-order valence-electron chi connectivity index (χ0n) is 14.1. The second-order valence-electron chi connectivity index (χ2n) is 5.40. The molecule has 0 amide bonds. The van der Waals surface area contributed by atoms with E-state index in [2.05, 4.69) is 18.0 Å². The van der Waals surface area contributed by atoms with Gasteiger partial charge >= 0.3 is 0 Å². The maximum absolute atomic E-state index is 6.11. The number of methoxy groups -OCH3 is 2. The molecule has 0 N–H and O–H groups in total. The molecule has 0 unspecified atom stereocenters. The SMILES string of the molecule is COc1cc2nccc(Oc3ccc(C)cc3C)c2cc1OC.Cl. The normalized spacial score (nSPS) is 10.2. The summed E-state index contributed by atoms with van der Waals surface area (Å²) in [6.07, 6.45) is 1.73. The molecule has 3 aromatic rings. The third kappa shape index (κ3) is 3.39. The number of halogens is 1. The van der Waals surface area contributed by atoms with E-state index in [4.69, 9.17) is 14.2 Å². The summed E-state index contributed by atoms with van der Waals surface area (Å²) in [5.74, 6) is 2.87. The molecule has 126 valence electrons. The summed E-state index contributed by atoms with van der Waals surface area (Å²) in [4.78, 5) is 4.39. The standard InChI is InChI=1S/C19H19NO3.ClH/c1-12-5-6-16(13(2)9-12)23-17-7-8-20-15-11-19(22-4)18(21-3)10-14(15)17;/h5-11H,1-4H3;1H. The minimum atomic E-state index is 0. The van der Waals surface area contributed by atoms with E-state index < -0.39 is 0 Å². The molecule has 0 aliphatic carbocycles. The zero-order chi connectivity index (χ0) is 16.4. The number of pyridine rings is 1. The van der Waals surface area contributed by atoms with Crippen molar-refractivity contribution in [3.8, 4) is 23.0 Å². The number of rotatable bonds is 4. The van der Waals surface area contributed by atoms with Gasteiger partial charge < -0.3 is 14.2 Å². The maximum Gasteiger partial charge on any atom is 0.162 e. The predicted molar refractivity (Wildman–Crippen MR) is 98.1 cm³/mol. The van der Waals surface area contributed by atoms with Crippen molar-refractivity contribution in [1.29, 1.82) is 0 Å². The van der Waals surface area contributed by atoms with E-state index in [0.29, 0.717) is 11.5 Å². The van der Waals surface area contributed by atoms with Crippen LogP contribution in [-0.4, -0.2) is 19.2 Å². The third-order valence-electron chi connectivity index (χ3n) is 3.76. The van der Waals surface area contributed by atoms with Crippen LogP contribution in [0.3, 0.4) is 0 Å². The fourth-order valence-corrected chi connectivity index (χ4v) is 2.57. The van der Waals surface area contributed by atoms with Crippen LogP contribution in [0.15, 0.2) is 42.6 Å². The Labute approximate surface area is 147 Å². The van der Waals surface area contributed by atoms with Gasteiger partial charge in [-0.15, -0.1) is 12.4 Å². The lowest BCUT2D eigenvalue weighted by Crippen LogP contribution is -1.94. The van der Waals surface area contributed by atoms with E-state index in [-0.39, 0.29) is 12.4 Å². The van der Waals surface area contributed by atoms with Crippen molar-refractivity contribution in [3.63, 3.8) is 0 Å². The number of nitrogens with zero attached hydrogens (tertiary/aromatic N) is 1. The van der Waals surface area contributed by atoms with Gasteiger partial charge in [0.25, 0.3) is 0 Å². The lowest BCUT2D eigenvalue weighted by atomic mass is 10.1. The van der Waals surface area contributed by atoms with Gasteiger partial charge in [-0.05, 0) is 37.6 Å². The first-order chi connectivity index (χ1) is 11.1. The Hall–Kier alpha value is -2.46. The minimum absolute atomic E-state index is 0. The van der Waals surface area contributed by atoms with Crippen LogP contribution >= 0.6 is 12.4 Å². The highest BCUT2D eigenvalue weighted by Gasteiger charge is 2.12. The van der Waals surface area contributed by atoms with E-state index in [1.165, 1.54) is 5.56 Å². The molecule has 0 fully saturated rings. The number of hydrogen-bond acceptors (Lipinski definition) is 4. The van der Waals surface area contributed by atoms with Gasteiger partial charge in [-0.1, -0.05) is 17.7 Å². The van der Waals surface area contributed by atoms with E-state index >= 15 is 0 Å². The molecule has 1 aromatic heterocycles. The summed E-state index contributed by atoms with van der Waals surface area (Å²) >= 11 is 0. The van der Waals surface area contributed by atoms with Crippen molar-refractivity contribution >= 4 is 23.3 Å². The van der Waals surface area contributed by atoms with Gasteiger partial charge in [0.2, 0.25) is 0 Å². The largest absolute Gasteiger partial charge is 0.493 e. The van der Waals surface area contributed by atoms with Gasteiger partial charge in [-0.25, -0.2) is 0 Å². The third-order valence-corrected chi connectivity index (χ3v) is 3.76. The quantitative estimate of drug-likeness (QED) is 0.661. The number of aryl methyl sites for hydroxylation is 2. The van der Waals surface area contributed by atoms with Crippen LogP contribution in [-0.2, 0) is 0 Å². The molecular formula is C19H20ClNO3. The minimum Gasteiger partial charge on any atom is -0.493 e. The summed E-state index contributed by atoms with van der Waals surface area (Å²) in [6, 6.07) is 11.7. The highest BCUT2D eigenvalue weighted by atomic mass is 35.5. The average Bonchev–Trinajstić information content (AvgIpc) is 2.56. The molecule has 4 nitrogen and oxygen atoms in total. The van der Waals surface area contributed by atoms with E-state index in [1.807, 2.05) is 37.3 Å². The first-order valence-corrected chi connectivity index (χ1v) is 7.38. The molecule has 1 heterocycles. The Morgan fingerprint density at radius 1 is 0.792 bits per heavy atom. The Morgan fingerprint density at radius 3 is 2.17 bits per heavy atom. The number of fused-ring (bicyclic) bond motifs is 1. The Kier molecular flexibility index (Phi) is 5.52. The van der Waals surface area contributed by atoms with E-state index in [1.54, 1.807) is 20.4 Å². The molecule has 0 atom stereocenters. The summed E-state index contributed by atoms with van der Waals surface area (Å²) in [7, 11) is 3.23. The topological polar surface area (TPSA) is 40.6 Å². The van der Waals surface area contributed by atoms with Crippen molar-refractivity contribution in [2.24, 2.45) is 0 Å². The molecule has 0 aliphatic heterocycles. The molecule has 0 radical (unpaired) electrons. The van der Waals surface area contributed by atoms with Gasteiger partial charge in [-0.3, -0.25) is 4.98 Å². The highest BCUT2D eigenvalue weighted by molar-refractivity contribution is 5.88. The van der Waals surface area contributed by atoms with Gasteiger partial charge in [0.05, 0.1) is 19.7 Å². The maximum atomic E-state index is 6.11. The summed E-state index contributed by atoms with van der Waals surface area (Å²) in [6.45, 7) is 4.10. The zero-order valence-corrected chi connectivity index (χ0v) is 14.9. The molecule has 0 aliphatic rings. The molecule has 5 heteroatoms. The number of hydrogen-bond donors (Lipinski definition) is 0. The molecule has 2 aromatic carbocycles. The molecule has 0 saturated carbocycles. The van der Waals surface area contributed by atoms with Crippen molar-refractivity contribution in [2.45, 2.75) is 13.8 Å². The molecule has 0 bridgehead atoms. The van der Waals surface area contributed by atoms with Crippen molar-refractivity contribution in [2.75, 3.05) is 14.2 Å². The summed E-state index contributed by atoms with van der Waals surface area (Å²) < 4.78 is 16.8. The first-order valence-electron chi connectivity index (χ1n) is 7.38. The second-order valence-corrected chi connectivity index (χ2v) is 5.40. The Morgan fingerprint density at radius 2 is 1.50 bits per heavy atom. The predicted octanol–water partition coefficient (Wildman–Crippen LogP) is 5.08. The lowest BCUT2D eigenvalue weighted by Gasteiger charge is -2.13. The molecule has 0 saturated heterocycles. The van der Waals surface area contributed by atoms with Gasteiger partial charge in [0.15, 0.2) is 11.5 Å². The van der Waals surface area contributed by atoms with Crippen LogP contribution in [0.25, 0.3) is 10.9 Å². The molecular weight excluding hydrogens is 326 g/mol. The lowest BCUT2D eigenvalue weighted by molar-refractivity contribution is 0.355. The van der Waals surface area contributed by atoms with Crippen LogP contribution in [0.1, 0.15) is 11.1 Å². The Bertz CT molecular complexity index is 865. The van der Waals surface area contributed by atoms with Crippen molar-refractivity contribution < 1.29 is 14.2 Å². The van der Waals surface area contributed by atoms with Crippen LogP contribution in [0.5, 0.6) is 23.0 Å². The van der Waals surface area contributed by atoms with Gasteiger partial charge in [-0.2, -0.15) is 0 Å². The van der Waals surface area contributed by atoms with Crippen LogP contribution in [0.2, 0.25) is 0 Å². The average molecular weight is 346 g/mol. The Balaban J connectivity index is 0.00000208. The molecule has 3 rings (SSSR count). The summed E-state index contributed by atoms with van der Waals surface area (Å²) in [5, 5.41) is 0.880. The van der Waals surface area contributed by atoms with Gasteiger partial charge in [0, 0.05) is 17.6 Å². The fourth-order valence-electron chi connectivity index (χ4n) is 2.57. The monoisotopic (exact) mass is 345 g/mol. The first kappa shape index (κ1) is 17.9. The number of aromatic nitrogens is 1. The highest BCUT2D eigenvalue weighted by Crippen LogP contribution is 2.37. The van der Waals surface area contributed by atoms with E-state index in [9.17, 15) is 0 Å². The smallest absolute Gasteiger partial charge is 0.162 e. The van der Waals surface area contributed by atoms with Gasteiger partial charge in [0.1, 0.15) is 11.5 Å². The number of benzene rings is 2. The van der Waals surface area contributed by atoms with Crippen LogP contribution < -0.4 is 14.2 Å².